The standard InChI is InChI=1S/C24H19N3O4S2/c1-2-12-25-19(28)14-32-24-26-20(15-8-4-3-5-9-15)22(33-24)27-21(29)17-13-16-10-6-7-11-18(16)31-23(17)30/h2-11,13H,1,12,14H2,(H,25,28)(H,27,29). The third-order valence-corrected chi connectivity index (χ3v) is 6.65. The van der Waals surface area contributed by atoms with Gasteiger partial charge in [-0.15, -0.1) is 6.58 Å². The van der Waals surface area contributed by atoms with Crippen LogP contribution >= 0.6 is 23.1 Å². The maximum atomic E-state index is 13.0. The molecule has 4 aromatic rings. The number of hydrogen-bond acceptors (Lipinski definition) is 7. The van der Waals surface area contributed by atoms with E-state index in [9.17, 15) is 14.4 Å². The molecule has 0 radical (unpaired) electrons. The van der Waals surface area contributed by atoms with E-state index in [0.29, 0.717) is 32.5 Å². The van der Waals surface area contributed by atoms with Crippen molar-refractivity contribution in [1.29, 1.82) is 0 Å². The van der Waals surface area contributed by atoms with E-state index in [-0.39, 0.29) is 17.2 Å². The van der Waals surface area contributed by atoms with E-state index in [4.69, 9.17) is 4.42 Å². The first kappa shape index (κ1) is 22.5. The summed E-state index contributed by atoms with van der Waals surface area (Å²) >= 11 is 2.51. The predicted octanol–water partition coefficient (Wildman–Crippen LogP) is 4.56. The Morgan fingerprint density at radius 1 is 1.12 bits per heavy atom. The van der Waals surface area contributed by atoms with Crippen molar-refractivity contribution in [3.05, 3.63) is 89.3 Å². The van der Waals surface area contributed by atoms with Crippen LogP contribution in [0.25, 0.3) is 22.2 Å². The normalized spacial score (nSPS) is 10.7. The molecule has 0 spiro atoms. The fourth-order valence-electron chi connectivity index (χ4n) is 2.99. The van der Waals surface area contributed by atoms with Gasteiger partial charge in [-0.25, -0.2) is 9.78 Å². The molecule has 0 saturated carbocycles. The van der Waals surface area contributed by atoms with Gasteiger partial charge in [-0.05, 0) is 12.1 Å². The number of nitrogens with zero attached hydrogens (tertiary/aromatic N) is 1. The minimum absolute atomic E-state index is 0.0980. The topological polar surface area (TPSA) is 101 Å². The van der Waals surface area contributed by atoms with Crippen molar-refractivity contribution >= 4 is 50.9 Å². The monoisotopic (exact) mass is 477 g/mol. The second-order valence-corrected chi connectivity index (χ2v) is 9.07. The van der Waals surface area contributed by atoms with Gasteiger partial charge in [-0.1, -0.05) is 77.7 Å². The largest absolute Gasteiger partial charge is 0.422 e. The summed E-state index contributed by atoms with van der Waals surface area (Å²) in [5.41, 5.74) is 0.963. The van der Waals surface area contributed by atoms with E-state index in [0.717, 1.165) is 5.56 Å². The van der Waals surface area contributed by atoms with Gasteiger partial charge in [0, 0.05) is 17.5 Å². The molecule has 0 fully saturated rings. The molecule has 0 saturated heterocycles. The molecular weight excluding hydrogens is 458 g/mol. The van der Waals surface area contributed by atoms with Crippen molar-refractivity contribution in [2.75, 3.05) is 17.6 Å². The SMILES string of the molecule is C=CCNC(=O)CSc1nc(-c2ccccc2)c(NC(=O)c2cc3ccccc3oc2=O)s1. The van der Waals surface area contributed by atoms with Crippen LogP contribution in [0.5, 0.6) is 0 Å². The van der Waals surface area contributed by atoms with Crippen LogP contribution in [-0.4, -0.2) is 29.1 Å². The maximum absolute atomic E-state index is 13.0. The number of thioether (sulfide) groups is 1. The van der Waals surface area contributed by atoms with Gasteiger partial charge in [0.1, 0.15) is 21.8 Å². The Kier molecular flexibility index (Phi) is 7.01. The fourth-order valence-corrected chi connectivity index (χ4v) is 4.88. The number of nitrogens with one attached hydrogen (secondary N) is 2. The lowest BCUT2D eigenvalue weighted by atomic mass is 10.1. The van der Waals surface area contributed by atoms with Crippen molar-refractivity contribution in [3.8, 4) is 11.3 Å². The Hall–Kier alpha value is -3.69. The Morgan fingerprint density at radius 3 is 2.67 bits per heavy atom. The number of hydrogen-bond donors (Lipinski definition) is 2. The summed E-state index contributed by atoms with van der Waals surface area (Å²) in [6.45, 7) is 3.96. The Morgan fingerprint density at radius 2 is 1.88 bits per heavy atom. The lowest BCUT2D eigenvalue weighted by molar-refractivity contribution is -0.118. The number of aromatic nitrogens is 1. The highest BCUT2D eigenvalue weighted by Gasteiger charge is 2.20. The van der Waals surface area contributed by atoms with Gasteiger partial charge < -0.3 is 15.1 Å². The number of carbonyl (C=O) groups is 2. The van der Waals surface area contributed by atoms with Crippen molar-refractivity contribution < 1.29 is 14.0 Å². The molecule has 0 aliphatic rings. The first-order valence-corrected chi connectivity index (χ1v) is 11.8. The molecule has 0 unspecified atom stereocenters. The van der Waals surface area contributed by atoms with Crippen LogP contribution in [-0.2, 0) is 4.79 Å². The predicted molar refractivity (Wildman–Crippen MR) is 132 cm³/mol. The molecule has 166 valence electrons. The average Bonchev–Trinajstić information content (AvgIpc) is 3.24. The molecule has 33 heavy (non-hydrogen) atoms. The number of carbonyl (C=O) groups excluding carboxylic acids is 2. The summed E-state index contributed by atoms with van der Waals surface area (Å²) in [5, 5.41) is 6.65. The van der Waals surface area contributed by atoms with Gasteiger partial charge >= 0.3 is 5.63 Å². The van der Waals surface area contributed by atoms with Crippen LogP contribution in [0.15, 0.2) is 86.9 Å². The second-order valence-electron chi connectivity index (χ2n) is 6.84. The molecule has 2 aromatic heterocycles. The summed E-state index contributed by atoms with van der Waals surface area (Å²) in [4.78, 5) is 41.9. The third kappa shape index (κ3) is 5.39. The average molecular weight is 478 g/mol. The zero-order valence-corrected chi connectivity index (χ0v) is 19.0. The number of amides is 2. The Balaban J connectivity index is 1.62. The number of benzene rings is 2. The summed E-state index contributed by atoms with van der Waals surface area (Å²) < 4.78 is 5.90. The van der Waals surface area contributed by atoms with Crippen molar-refractivity contribution in [1.82, 2.24) is 10.3 Å². The van der Waals surface area contributed by atoms with Gasteiger partial charge in [-0.2, -0.15) is 0 Å². The highest BCUT2D eigenvalue weighted by atomic mass is 32.2. The smallest absolute Gasteiger partial charge is 0.349 e. The molecular formula is C24H19N3O4S2. The number of anilines is 1. The van der Waals surface area contributed by atoms with Crippen LogP contribution < -0.4 is 16.3 Å². The van der Waals surface area contributed by atoms with Gasteiger partial charge in [0.05, 0.1) is 5.75 Å². The van der Waals surface area contributed by atoms with Crippen LogP contribution in [0.2, 0.25) is 0 Å². The first-order chi connectivity index (χ1) is 16.0. The minimum atomic E-state index is -0.717. The molecule has 2 amide bonds. The quantitative estimate of drug-likeness (QED) is 0.219. The van der Waals surface area contributed by atoms with Crippen LogP contribution in [0.3, 0.4) is 0 Å². The second kappa shape index (κ2) is 10.3. The molecule has 0 atom stereocenters. The minimum Gasteiger partial charge on any atom is -0.422 e. The lowest BCUT2D eigenvalue weighted by Crippen LogP contribution is -2.24. The highest BCUT2D eigenvalue weighted by Crippen LogP contribution is 2.37. The van der Waals surface area contributed by atoms with Crippen molar-refractivity contribution in [2.24, 2.45) is 0 Å². The number of para-hydroxylation sites is 1. The zero-order chi connectivity index (χ0) is 23.2. The van der Waals surface area contributed by atoms with E-state index in [1.54, 1.807) is 30.3 Å². The fraction of sp³-hybridized carbons (Fsp3) is 0.0833. The summed E-state index contributed by atoms with van der Waals surface area (Å²) in [6, 6.07) is 17.9. The molecule has 7 nitrogen and oxygen atoms in total. The van der Waals surface area contributed by atoms with Crippen LogP contribution in [0.4, 0.5) is 5.00 Å². The number of rotatable bonds is 8. The zero-order valence-electron chi connectivity index (χ0n) is 17.4. The van der Waals surface area contributed by atoms with E-state index in [1.165, 1.54) is 29.2 Å². The van der Waals surface area contributed by atoms with Gasteiger partial charge in [0.25, 0.3) is 5.91 Å². The van der Waals surface area contributed by atoms with Crippen molar-refractivity contribution in [2.45, 2.75) is 4.34 Å². The van der Waals surface area contributed by atoms with E-state index >= 15 is 0 Å². The molecule has 4 rings (SSSR count). The Labute approximate surface area is 197 Å². The molecule has 2 N–H and O–H groups in total. The van der Waals surface area contributed by atoms with Crippen LogP contribution in [0, 0.1) is 0 Å². The molecule has 2 heterocycles. The van der Waals surface area contributed by atoms with Gasteiger partial charge in [0.15, 0.2) is 4.34 Å². The van der Waals surface area contributed by atoms with Crippen LogP contribution in [0.1, 0.15) is 10.4 Å². The molecule has 0 aliphatic carbocycles. The van der Waals surface area contributed by atoms with E-state index in [1.807, 2.05) is 30.3 Å². The summed E-state index contributed by atoms with van der Waals surface area (Å²) in [5.74, 6) is -0.552. The third-order valence-electron chi connectivity index (χ3n) is 4.54. The Bertz CT molecular complexity index is 1380. The summed E-state index contributed by atoms with van der Waals surface area (Å²) in [6.07, 6.45) is 1.61. The van der Waals surface area contributed by atoms with E-state index in [2.05, 4.69) is 22.2 Å². The maximum Gasteiger partial charge on any atom is 0.349 e. The van der Waals surface area contributed by atoms with Gasteiger partial charge in [0.2, 0.25) is 5.91 Å². The molecule has 2 aromatic carbocycles. The first-order valence-electron chi connectivity index (χ1n) is 9.96. The molecule has 0 aliphatic heterocycles. The van der Waals surface area contributed by atoms with E-state index < -0.39 is 11.5 Å². The molecule has 9 heteroatoms. The highest BCUT2D eigenvalue weighted by molar-refractivity contribution is 8.01. The van der Waals surface area contributed by atoms with Crippen molar-refractivity contribution in [3.63, 3.8) is 0 Å². The summed E-state index contributed by atoms with van der Waals surface area (Å²) in [7, 11) is 0. The number of fused-ring (bicyclic) bond motifs is 1. The number of thiazole rings is 1. The molecule has 0 bridgehead atoms. The lowest BCUT2D eigenvalue weighted by Gasteiger charge is -2.05. The van der Waals surface area contributed by atoms with Gasteiger partial charge in [-0.3, -0.25) is 9.59 Å².